The summed E-state index contributed by atoms with van der Waals surface area (Å²) in [6.07, 6.45) is 1.42. The molecular weight excluding hydrogens is 1030 g/mol. The predicted octanol–water partition coefficient (Wildman–Crippen LogP) is -1.85. The van der Waals surface area contributed by atoms with Gasteiger partial charge in [-0.05, 0) is 74.9 Å². The van der Waals surface area contributed by atoms with Crippen molar-refractivity contribution in [3.8, 4) is 0 Å². The van der Waals surface area contributed by atoms with Crippen LogP contribution < -0.4 is 54.4 Å². The van der Waals surface area contributed by atoms with Gasteiger partial charge in [0.05, 0.1) is 23.8 Å². The number of unbranched alkanes of at least 4 members (excludes halogenated alkanes) is 1. The number of rotatable bonds is 30. The van der Waals surface area contributed by atoms with E-state index in [1.54, 1.807) is 73.1 Å². The fourth-order valence-electron chi connectivity index (χ4n) is 8.49. The molecule has 16 N–H and O–H groups in total. The van der Waals surface area contributed by atoms with E-state index >= 15 is 0 Å². The molecule has 0 unspecified atom stereocenters. The van der Waals surface area contributed by atoms with Crippen LogP contribution in [-0.2, 0) is 62.4 Å². The minimum absolute atomic E-state index is 0.0172. The molecule has 3 aromatic carbocycles. The number of aliphatic hydroxyl groups is 2. The molecule has 0 radical (unpaired) electrons. The number of para-hydroxylation sites is 2. The Morgan fingerprint density at radius 3 is 1.70 bits per heavy atom. The van der Waals surface area contributed by atoms with E-state index in [1.807, 2.05) is 18.2 Å². The van der Waals surface area contributed by atoms with Crippen LogP contribution in [0.3, 0.4) is 0 Å². The van der Waals surface area contributed by atoms with Gasteiger partial charge in [-0.2, -0.15) is 25.3 Å². The van der Waals surface area contributed by atoms with Crippen molar-refractivity contribution in [2.75, 3.05) is 18.1 Å². The average molecular weight is 1100 g/mol. The zero-order chi connectivity index (χ0) is 56.3. The number of H-pyrrole nitrogens is 1. The summed E-state index contributed by atoms with van der Waals surface area (Å²) in [6.45, 7) is 2.65. The smallest absolute Gasteiger partial charge is 0.245 e. The lowest BCUT2D eigenvalue weighted by Gasteiger charge is -2.28. The molecule has 0 aliphatic heterocycles. The fourth-order valence-corrected chi connectivity index (χ4v) is 9.01. The highest BCUT2D eigenvalue weighted by Crippen LogP contribution is 2.22. The van der Waals surface area contributed by atoms with Gasteiger partial charge in [0.15, 0.2) is 0 Å². The highest BCUT2D eigenvalue weighted by Gasteiger charge is 2.36. The molecular formula is C52H68N12O11S2. The number of hydrogen-bond donors (Lipinski definition) is 15. The Labute approximate surface area is 455 Å². The molecule has 5 rings (SSSR count). The Morgan fingerprint density at radius 1 is 0.597 bits per heavy atom. The second-order valence-electron chi connectivity index (χ2n) is 18.6. The van der Waals surface area contributed by atoms with Crippen molar-refractivity contribution >= 4 is 101 Å². The largest absolute Gasteiger partial charge is 0.391 e. The van der Waals surface area contributed by atoms with Crippen molar-refractivity contribution in [3.63, 3.8) is 0 Å². The SMILES string of the molecule is C[C@@H](O)[C@H](NC(=O)[C@H](CS)NC(=O)[C@@H](NC(=O)[C@H](CCCCN)NC(=O)[C@@H](Cc1c[nH]c2ccccc12)NC(=O)[C@H](Cc1ccccc1)NC(=O)[C@H](CS)NC(=O)[C@H](N)Cc1cn(C=O)c2ccccc12)[C@@H](C)O)C(N)=O. The van der Waals surface area contributed by atoms with Gasteiger partial charge in [-0.1, -0.05) is 66.7 Å². The van der Waals surface area contributed by atoms with Gasteiger partial charge < -0.3 is 69.6 Å². The molecule has 2 aromatic heterocycles. The second kappa shape index (κ2) is 29.3. The molecule has 2 heterocycles. The lowest BCUT2D eigenvalue weighted by Crippen LogP contribution is -2.62. The Bertz CT molecular complexity index is 2860. The molecule has 5 aromatic rings. The monoisotopic (exact) mass is 1100 g/mol. The van der Waals surface area contributed by atoms with Gasteiger partial charge in [0, 0.05) is 53.0 Å². The van der Waals surface area contributed by atoms with Crippen LogP contribution in [0.1, 0.15) is 49.8 Å². The van der Waals surface area contributed by atoms with Crippen LogP contribution in [0, 0.1) is 0 Å². The number of aromatic nitrogens is 2. The Kier molecular flexibility index (Phi) is 23.0. The predicted molar refractivity (Wildman–Crippen MR) is 295 cm³/mol. The van der Waals surface area contributed by atoms with Crippen LogP contribution in [0.2, 0.25) is 0 Å². The third kappa shape index (κ3) is 16.9. The van der Waals surface area contributed by atoms with Gasteiger partial charge >= 0.3 is 0 Å². The van der Waals surface area contributed by atoms with E-state index in [9.17, 15) is 53.4 Å². The summed E-state index contributed by atoms with van der Waals surface area (Å²) in [7, 11) is 0. The van der Waals surface area contributed by atoms with Crippen molar-refractivity contribution in [2.45, 2.75) is 113 Å². The molecule has 0 spiro atoms. The van der Waals surface area contributed by atoms with Crippen molar-refractivity contribution in [2.24, 2.45) is 17.2 Å². The number of carbonyl (C=O) groups is 9. The molecule has 10 atom stereocenters. The third-order valence-corrected chi connectivity index (χ3v) is 13.5. The lowest BCUT2D eigenvalue weighted by molar-refractivity contribution is -0.137. The van der Waals surface area contributed by atoms with Gasteiger partial charge in [0.1, 0.15) is 42.3 Å². The summed E-state index contributed by atoms with van der Waals surface area (Å²) >= 11 is 8.46. The Balaban J connectivity index is 1.38. The van der Waals surface area contributed by atoms with Crippen LogP contribution in [0.5, 0.6) is 0 Å². The highest BCUT2D eigenvalue weighted by molar-refractivity contribution is 7.80. The van der Waals surface area contributed by atoms with Gasteiger partial charge in [-0.25, -0.2) is 0 Å². The quantitative estimate of drug-likeness (QED) is 0.0137. The first-order chi connectivity index (χ1) is 36.8. The zero-order valence-electron chi connectivity index (χ0n) is 42.5. The van der Waals surface area contributed by atoms with E-state index < -0.39 is 108 Å². The van der Waals surface area contributed by atoms with E-state index in [1.165, 1.54) is 18.4 Å². The summed E-state index contributed by atoms with van der Waals surface area (Å²) in [5.41, 5.74) is 20.6. The van der Waals surface area contributed by atoms with Crippen molar-refractivity contribution < 1.29 is 53.4 Å². The molecule has 77 heavy (non-hydrogen) atoms. The van der Waals surface area contributed by atoms with Gasteiger partial charge in [0.2, 0.25) is 53.7 Å². The van der Waals surface area contributed by atoms with E-state index in [0.29, 0.717) is 46.8 Å². The normalized spacial score (nSPS) is 15.2. The number of nitrogens with two attached hydrogens (primary N) is 3. The van der Waals surface area contributed by atoms with Crippen LogP contribution in [-0.4, -0.2) is 152 Å². The molecule has 0 aliphatic carbocycles. The van der Waals surface area contributed by atoms with E-state index in [-0.39, 0.29) is 43.7 Å². The van der Waals surface area contributed by atoms with E-state index in [2.05, 4.69) is 67.5 Å². The Hall–Kier alpha value is -7.29. The summed E-state index contributed by atoms with van der Waals surface area (Å²) in [5, 5.41) is 40.0. The highest BCUT2D eigenvalue weighted by atomic mass is 32.1. The van der Waals surface area contributed by atoms with Gasteiger partial charge in [0.25, 0.3) is 0 Å². The number of carbonyl (C=O) groups excluding carboxylic acids is 9. The lowest BCUT2D eigenvalue weighted by atomic mass is 10.0. The van der Waals surface area contributed by atoms with Crippen LogP contribution >= 0.6 is 25.3 Å². The minimum Gasteiger partial charge on any atom is -0.391 e. The first kappa shape index (κ1) is 60.6. The summed E-state index contributed by atoms with van der Waals surface area (Å²) < 4.78 is 1.38. The maximum atomic E-state index is 14.7. The van der Waals surface area contributed by atoms with Crippen molar-refractivity contribution in [1.29, 1.82) is 0 Å². The minimum atomic E-state index is -1.71. The molecule has 8 amide bonds. The van der Waals surface area contributed by atoms with E-state index in [0.717, 1.165) is 10.9 Å². The van der Waals surface area contributed by atoms with Crippen LogP contribution in [0.15, 0.2) is 91.3 Å². The number of amides is 8. The first-order valence-corrected chi connectivity index (χ1v) is 26.1. The average Bonchev–Trinajstić information content (AvgIpc) is 3.99. The number of hydrogen-bond acceptors (Lipinski definition) is 15. The van der Waals surface area contributed by atoms with Gasteiger partial charge in [-0.15, -0.1) is 0 Å². The number of benzene rings is 3. The number of fused-ring (bicyclic) bond motifs is 2. The summed E-state index contributed by atoms with van der Waals surface area (Å²) in [5.74, 6) is -7.65. The number of nitrogens with zero attached hydrogens (tertiary/aromatic N) is 1. The zero-order valence-corrected chi connectivity index (χ0v) is 44.3. The second-order valence-corrected chi connectivity index (χ2v) is 19.3. The standard InChI is InChI=1S/C52H68N12O11S2/c1-28(66)43(45(55)68)62-51(74)41(26-77)61-52(75)44(29(2)67)63-47(70)37(17-10-11-19-53)57-49(72)39(22-31-23-56-36-16-8-6-14-33(31)36)59-48(71)38(20-30-12-4-3-5-13-30)58-50(73)40(25-76)60-46(69)35(54)21-32-24-64(27-65)42-18-9-7-15-34(32)42/h3-9,12-16,18,23-24,27-29,35,37-41,43-44,56,66-67,76-77H,10-11,17,19-22,25-26,53-54H2,1-2H3,(H2,55,68)(H,57,72)(H,58,73)(H,59,71)(H,60,69)(H,61,75)(H,62,74)(H,63,70)/t28-,29-,35-,37+,38+,39-,40+,41+,43+,44+/m1/s1. The van der Waals surface area contributed by atoms with Crippen LogP contribution in [0.4, 0.5) is 0 Å². The number of aromatic amines is 1. The maximum Gasteiger partial charge on any atom is 0.245 e. The number of aliphatic hydroxyl groups excluding tert-OH is 2. The maximum absolute atomic E-state index is 14.7. The molecule has 23 nitrogen and oxygen atoms in total. The number of thiol groups is 2. The first-order valence-electron chi connectivity index (χ1n) is 24.9. The third-order valence-electron chi connectivity index (χ3n) is 12.7. The fraction of sp³-hybridized carbons (Fsp3) is 0.404. The van der Waals surface area contributed by atoms with E-state index in [4.69, 9.17) is 17.2 Å². The molecule has 0 fully saturated rings. The molecule has 414 valence electrons. The Morgan fingerprint density at radius 2 is 1.10 bits per heavy atom. The molecule has 0 bridgehead atoms. The van der Waals surface area contributed by atoms with Gasteiger partial charge in [-0.3, -0.25) is 47.7 Å². The van der Waals surface area contributed by atoms with Crippen molar-refractivity contribution in [3.05, 3.63) is 108 Å². The molecule has 0 aliphatic rings. The van der Waals surface area contributed by atoms with Crippen LogP contribution in [0.25, 0.3) is 21.8 Å². The molecule has 0 saturated carbocycles. The summed E-state index contributed by atoms with van der Waals surface area (Å²) in [4.78, 5) is 125. The molecule has 25 heteroatoms. The molecule has 0 saturated heterocycles. The van der Waals surface area contributed by atoms with Crippen molar-refractivity contribution in [1.82, 2.24) is 46.8 Å². The topological polar surface area (TPSA) is 377 Å². The number of primary amides is 1. The number of nitrogens with one attached hydrogen (secondary N) is 8. The summed E-state index contributed by atoms with van der Waals surface area (Å²) in [6, 6.07) is 11.7.